The Morgan fingerprint density at radius 1 is 0.923 bits per heavy atom. The molecule has 0 spiro atoms. The van der Waals surface area contributed by atoms with Crippen molar-refractivity contribution in [1.29, 1.82) is 0 Å². The second kappa shape index (κ2) is 18.8. The van der Waals surface area contributed by atoms with Crippen LogP contribution in [0.4, 0.5) is 5.82 Å². The van der Waals surface area contributed by atoms with E-state index in [1.165, 1.54) is 11.1 Å². The summed E-state index contributed by atoms with van der Waals surface area (Å²) >= 11 is 24.5. The lowest BCUT2D eigenvalue weighted by atomic mass is 10.1. The zero-order chi connectivity index (χ0) is 28.6. The third-order valence-electron chi connectivity index (χ3n) is 5.19. The van der Waals surface area contributed by atoms with Crippen molar-refractivity contribution in [3.8, 4) is 17.0 Å². The molecule has 11 heteroatoms. The number of hydrogen-bond donors (Lipinski definition) is 1. The number of benzene rings is 3. The molecular weight excluding hydrogens is 748 g/mol. The summed E-state index contributed by atoms with van der Waals surface area (Å²) in [5.74, 6) is 1.53. The minimum absolute atomic E-state index is 0.194. The van der Waals surface area contributed by atoms with Crippen LogP contribution in [0.5, 0.6) is 5.75 Å². The number of aromatic nitrogens is 2. The molecule has 0 saturated heterocycles. The predicted molar refractivity (Wildman–Crippen MR) is 183 cm³/mol. The SMILES string of the molecule is BrB(Br)Br.COc1ccc(CC(=S)Nc2ncc(-c3ccc(C)cc3)nc2Cc2ccccc2)cc1.ClCCl. The first-order valence-electron chi connectivity index (χ1n) is 11.7. The van der Waals surface area contributed by atoms with Gasteiger partial charge in [0, 0.05) is 18.4 Å². The highest BCUT2D eigenvalue weighted by Crippen LogP contribution is 2.23. The van der Waals surface area contributed by atoms with Crippen LogP contribution in [0.3, 0.4) is 0 Å². The van der Waals surface area contributed by atoms with Crippen LogP contribution in [0.2, 0.25) is 0 Å². The van der Waals surface area contributed by atoms with E-state index in [4.69, 9.17) is 50.1 Å². The van der Waals surface area contributed by atoms with Crippen molar-refractivity contribution >= 4 is 96.7 Å². The minimum atomic E-state index is 0.194. The van der Waals surface area contributed by atoms with Crippen molar-refractivity contribution in [3.63, 3.8) is 0 Å². The van der Waals surface area contributed by atoms with Gasteiger partial charge in [-0.25, -0.2) is 9.97 Å². The van der Waals surface area contributed by atoms with E-state index in [0.29, 0.717) is 23.6 Å². The highest BCUT2D eigenvalue weighted by atomic mass is 79.9. The highest BCUT2D eigenvalue weighted by Gasteiger charge is 2.12. The largest absolute Gasteiger partial charge is 0.497 e. The van der Waals surface area contributed by atoms with E-state index in [2.05, 4.69) is 95.9 Å². The van der Waals surface area contributed by atoms with Gasteiger partial charge in [-0.3, -0.25) is 0 Å². The molecule has 39 heavy (non-hydrogen) atoms. The van der Waals surface area contributed by atoms with Crippen LogP contribution in [0.25, 0.3) is 11.3 Å². The van der Waals surface area contributed by atoms with Crippen molar-refractivity contribution in [2.45, 2.75) is 19.8 Å². The normalized spacial score (nSPS) is 9.82. The molecular formula is C28H27BBr3Cl2N3OS. The van der Waals surface area contributed by atoms with Gasteiger partial charge in [0.1, 0.15) is 5.75 Å². The number of thiocarbonyl (C=S) groups is 1. The van der Waals surface area contributed by atoms with Gasteiger partial charge in [0.05, 0.1) is 35.0 Å². The molecule has 0 aliphatic rings. The number of methoxy groups -OCH3 is 1. The molecule has 0 radical (unpaired) electrons. The van der Waals surface area contributed by atoms with Crippen molar-refractivity contribution in [1.82, 2.24) is 9.97 Å². The number of halogens is 5. The van der Waals surface area contributed by atoms with Gasteiger partial charge in [-0.2, -0.15) is 0 Å². The van der Waals surface area contributed by atoms with Crippen LogP contribution >= 0.6 is 82.7 Å². The molecule has 0 amide bonds. The van der Waals surface area contributed by atoms with E-state index in [-0.39, 0.29) is 8.52 Å². The molecule has 0 unspecified atom stereocenters. The summed E-state index contributed by atoms with van der Waals surface area (Å²) in [5, 5.41) is 3.52. The van der Waals surface area contributed by atoms with E-state index in [0.717, 1.165) is 28.3 Å². The molecule has 0 bridgehead atoms. The van der Waals surface area contributed by atoms with E-state index in [9.17, 15) is 0 Å². The first kappa shape index (κ1) is 33.7. The molecule has 0 fully saturated rings. The van der Waals surface area contributed by atoms with E-state index in [1.807, 2.05) is 42.5 Å². The number of alkyl halides is 2. The fourth-order valence-corrected chi connectivity index (χ4v) is 3.68. The predicted octanol–water partition coefficient (Wildman–Crippen LogP) is 9.61. The summed E-state index contributed by atoms with van der Waals surface area (Å²) in [5.41, 5.74) is 6.26. The Kier molecular flexibility index (Phi) is 16.2. The summed E-state index contributed by atoms with van der Waals surface area (Å²) < 4.78 is 5.50. The van der Waals surface area contributed by atoms with E-state index >= 15 is 0 Å². The molecule has 0 saturated carbocycles. The quantitative estimate of drug-likeness (QED) is 0.115. The molecule has 204 valence electrons. The minimum Gasteiger partial charge on any atom is -0.497 e. The number of ether oxygens (including phenoxy) is 1. The van der Waals surface area contributed by atoms with Crippen LogP contribution in [0.15, 0.2) is 85.1 Å². The van der Waals surface area contributed by atoms with Crippen LogP contribution in [0.1, 0.15) is 22.4 Å². The van der Waals surface area contributed by atoms with Gasteiger partial charge in [0.25, 0.3) is 0 Å². The number of hydrogen-bond acceptors (Lipinski definition) is 4. The lowest BCUT2D eigenvalue weighted by Gasteiger charge is -2.13. The first-order chi connectivity index (χ1) is 18.7. The summed E-state index contributed by atoms with van der Waals surface area (Å²) in [6.07, 6.45) is 3.09. The summed E-state index contributed by atoms with van der Waals surface area (Å²) in [6, 6.07) is 26.5. The maximum atomic E-state index is 5.63. The first-order valence-corrected chi connectivity index (χ1v) is 15.9. The lowest BCUT2D eigenvalue weighted by molar-refractivity contribution is 0.414. The maximum Gasteiger partial charge on any atom is 0.369 e. The summed E-state index contributed by atoms with van der Waals surface area (Å²) in [4.78, 5) is 10.3. The number of anilines is 1. The van der Waals surface area contributed by atoms with Crippen LogP contribution in [0, 0.1) is 6.92 Å². The monoisotopic (exact) mass is 771 g/mol. The van der Waals surface area contributed by atoms with E-state index < -0.39 is 0 Å². The van der Waals surface area contributed by atoms with Crippen LogP contribution in [-0.4, -0.2) is 30.6 Å². The molecule has 4 aromatic rings. The van der Waals surface area contributed by atoms with Gasteiger partial charge in [0.15, 0.2) is 5.82 Å². The number of nitrogens with zero attached hydrogens (tertiary/aromatic N) is 2. The molecule has 0 atom stereocenters. The molecule has 0 aliphatic carbocycles. The Balaban J connectivity index is 0.000000686. The fourth-order valence-electron chi connectivity index (χ4n) is 3.41. The molecule has 4 nitrogen and oxygen atoms in total. The Bertz CT molecular complexity index is 1280. The fraction of sp³-hybridized carbons (Fsp3) is 0.179. The topological polar surface area (TPSA) is 47.0 Å². The van der Waals surface area contributed by atoms with Gasteiger partial charge in [-0.05, 0) is 30.2 Å². The number of rotatable bonds is 7. The van der Waals surface area contributed by atoms with Crippen LogP contribution < -0.4 is 10.1 Å². The third kappa shape index (κ3) is 13.1. The number of aryl methyl sites for hydroxylation is 1. The molecule has 1 N–H and O–H groups in total. The van der Waals surface area contributed by atoms with Gasteiger partial charge < -0.3 is 10.1 Å². The average molecular weight is 775 g/mol. The number of nitrogens with one attached hydrogen (secondary N) is 1. The van der Waals surface area contributed by atoms with Crippen LogP contribution in [-0.2, 0) is 12.8 Å². The lowest BCUT2D eigenvalue weighted by Crippen LogP contribution is -2.16. The standard InChI is InChI=1S/C27H25N3OS.CH2Cl2.BBr3/c1-19-8-12-22(13-9-19)25-18-28-27(24(29-25)16-20-6-4-3-5-7-20)30-26(32)17-21-10-14-23(31-2)15-11-21;2-1-3;2-1(3)4/h3-15,18H,16-17H2,1-2H3,(H,28,30,32);1H2;. The molecule has 0 aliphatic heterocycles. The second-order valence-corrected chi connectivity index (χ2v) is 15.7. The van der Waals surface area contributed by atoms with Crippen molar-refractivity contribution in [2.75, 3.05) is 17.8 Å². The summed E-state index contributed by atoms with van der Waals surface area (Å²) in [7, 11) is 1.66. The second-order valence-electron chi connectivity index (χ2n) is 8.00. The Morgan fingerprint density at radius 2 is 1.51 bits per heavy atom. The van der Waals surface area contributed by atoms with Crippen molar-refractivity contribution in [3.05, 3.63) is 107 Å². The molecule has 4 rings (SSSR count). The highest BCUT2D eigenvalue weighted by molar-refractivity contribution is 9.69. The molecule has 1 aromatic heterocycles. The van der Waals surface area contributed by atoms with Gasteiger partial charge in [0.2, 0.25) is 0 Å². The Hall–Kier alpha value is -1.49. The van der Waals surface area contributed by atoms with Gasteiger partial charge >= 0.3 is 3.18 Å². The van der Waals surface area contributed by atoms with Gasteiger partial charge in [-0.1, -0.05) is 84.5 Å². The average Bonchev–Trinajstić information content (AvgIpc) is 2.91. The molecule has 3 aromatic carbocycles. The zero-order valence-electron chi connectivity index (χ0n) is 21.4. The Labute approximate surface area is 271 Å². The van der Waals surface area contributed by atoms with Crippen molar-refractivity contribution in [2.24, 2.45) is 0 Å². The smallest absolute Gasteiger partial charge is 0.369 e. The summed E-state index contributed by atoms with van der Waals surface area (Å²) in [6.45, 7) is 2.08. The Morgan fingerprint density at radius 3 is 2.08 bits per heavy atom. The zero-order valence-corrected chi connectivity index (χ0v) is 28.5. The van der Waals surface area contributed by atoms with Crippen molar-refractivity contribution < 1.29 is 4.74 Å². The maximum absolute atomic E-state index is 5.63. The van der Waals surface area contributed by atoms with E-state index in [1.54, 1.807) is 13.3 Å². The third-order valence-corrected chi connectivity index (χ3v) is 5.43. The van der Waals surface area contributed by atoms with Gasteiger partial charge in [-0.15, -0.1) is 70.5 Å². The molecule has 1 heterocycles.